The molecule has 0 fully saturated rings. The largest absolute Gasteiger partial charge is 0.409 e. The fraction of sp³-hybridized carbons (Fsp3) is 0.533. The molecule has 0 aromatic heterocycles. The molecule has 1 rings (SSSR count). The fourth-order valence-corrected chi connectivity index (χ4v) is 2.03. The maximum absolute atomic E-state index is 13.5. The average molecular weight is 281 g/mol. The number of nitrogens with two attached hydrogens (primary N) is 1. The van der Waals surface area contributed by atoms with Crippen LogP contribution in [0.5, 0.6) is 0 Å². The Morgan fingerprint density at radius 3 is 2.40 bits per heavy atom. The van der Waals surface area contributed by atoms with Gasteiger partial charge in [0.15, 0.2) is 0 Å². The minimum atomic E-state index is -0.351. The molecule has 0 amide bonds. The Morgan fingerprint density at radius 2 is 1.90 bits per heavy atom. The van der Waals surface area contributed by atoms with Gasteiger partial charge in [0.25, 0.3) is 0 Å². The molecule has 5 heteroatoms. The van der Waals surface area contributed by atoms with E-state index in [2.05, 4.69) is 10.5 Å². The summed E-state index contributed by atoms with van der Waals surface area (Å²) in [7, 11) is 0. The number of rotatable bonds is 6. The first-order chi connectivity index (χ1) is 9.27. The van der Waals surface area contributed by atoms with E-state index in [4.69, 9.17) is 10.9 Å². The molecule has 20 heavy (non-hydrogen) atoms. The van der Waals surface area contributed by atoms with Gasteiger partial charge >= 0.3 is 0 Å². The molecule has 0 heterocycles. The molecule has 0 saturated carbocycles. The van der Waals surface area contributed by atoms with Crippen LogP contribution in [0, 0.1) is 25.1 Å². The van der Waals surface area contributed by atoms with Gasteiger partial charge in [-0.2, -0.15) is 0 Å². The van der Waals surface area contributed by atoms with Crippen molar-refractivity contribution in [1.29, 1.82) is 0 Å². The van der Waals surface area contributed by atoms with E-state index in [9.17, 15) is 4.39 Å². The molecule has 4 nitrogen and oxygen atoms in total. The molecule has 0 saturated heterocycles. The number of amidine groups is 1. The van der Waals surface area contributed by atoms with Crippen LogP contribution in [0.25, 0.3) is 0 Å². The number of hydrogen-bond donors (Lipinski definition) is 3. The van der Waals surface area contributed by atoms with Crippen molar-refractivity contribution < 1.29 is 9.60 Å². The normalized spacial score (nSPS) is 12.8. The first-order valence-electron chi connectivity index (χ1n) is 6.72. The Labute approximate surface area is 119 Å². The predicted molar refractivity (Wildman–Crippen MR) is 79.4 cm³/mol. The van der Waals surface area contributed by atoms with Crippen molar-refractivity contribution in [2.24, 2.45) is 16.3 Å². The highest BCUT2D eigenvalue weighted by Crippen LogP contribution is 2.19. The van der Waals surface area contributed by atoms with Crippen molar-refractivity contribution in [2.45, 2.75) is 40.7 Å². The molecule has 0 bridgehead atoms. The molecule has 0 aliphatic rings. The third-order valence-corrected chi connectivity index (χ3v) is 3.55. The highest BCUT2D eigenvalue weighted by molar-refractivity contribution is 5.85. The summed E-state index contributed by atoms with van der Waals surface area (Å²) < 4.78 is 13.5. The molecule has 0 spiro atoms. The topological polar surface area (TPSA) is 70.6 Å². The molecular weight excluding hydrogens is 257 g/mol. The van der Waals surface area contributed by atoms with Crippen LogP contribution in [0.3, 0.4) is 0 Å². The van der Waals surface area contributed by atoms with Crippen LogP contribution < -0.4 is 11.1 Å². The highest BCUT2D eigenvalue weighted by atomic mass is 19.1. The number of aryl methyl sites for hydroxylation is 2. The Kier molecular flexibility index (Phi) is 5.51. The molecule has 0 aliphatic heterocycles. The minimum absolute atomic E-state index is 0.137. The Hall–Kier alpha value is -1.62. The summed E-state index contributed by atoms with van der Waals surface area (Å²) in [5.41, 5.74) is 7.67. The van der Waals surface area contributed by atoms with Gasteiger partial charge in [0.05, 0.1) is 0 Å². The van der Waals surface area contributed by atoms with Gasteiger partial charge in [-0.3, -0.25) is 0 Å². The van der Waals surface area contributed by atoms with Crippen molar-refractivity contribution in [1.82, 2.24) is 5.32 Å². The van der Waals surface area contributed by atoms with Gasteiger partial charge in [-0.05, 0) is 43.5 Å². The molecule has 112 valence electrons. The lowest BCUT2D eigenvalue weighted by Gasteiger charge is -2.22. The fourth-order valence-electron chi connectivity index (χ4n) is 2.03. The lowest BCUT2D eigenvalue weighted by molar-refractivity contribution is 0.305. The third kappa shape index (κ3) is 4.20. The van der Waals surface area contributed by atoms with Gasteiger partial charge in [0.2, 0.25) is 0 Å². The van der Waals surface area contributed by atoms with Gasteiger partial charge in [-0.1, -0.05) is 31.1 Å². The SMILES string of the molecule is Cc1cc(CNCCC(C)(C)/C(N)=N/O)cc(C)c1F. The second-order valence-electron chi connectivity index (χ2n) is 5.84. The number of benzene rings is 1. The van der Waals surface area contributed by atoms with Crippen LogP contribution in [0.1, 0.15) is 37.0 Å². The van der Waals surface area contributed by atoms with Crippen LogP contribution in [-0.4, -0.2) is 17.6 Å². The van der Waals surface area contributed by atoms with Crippen LogP contribution in [0.4, 0.5) is 4.39 Å². The van der Waals surface area contributed by atoms with Crippen molar-refractivity contribution in [3.05, 3.63) is 34.6 Å². The monoisotopic (exact) mass is 281 g/mol. The summed E-state index contributed by atoms with van der Waals surface area (Å²) in [6, 6.07) is 3.70. The van der Waals surface area contributed by atoms with E-state index >= 15 is 0 Å². The molecule has 0 aliphatic carbocycles. The summed E-state index contributed by atoms with van der Waals surface area (Å²) in [5.74, 6) is 0.0922. The van der Waals surface area contributed by atoms with E-state index in [1.54, 1.807) is 13.8 Å². The van der Waals surface area contributed by atoms with E-state index in [-0.39, 0.29) is 17.1 Å². The minimum Gasteiger partial charge on any atom is -0.409 e. The summed E-state index contributed by atoms with van der Waals surface area (Å²) in [6.07, 6.45) is 0.752. The third-order valence-electron chi connectivity index (χ3n) is 3.55. The maximum atomic E-state index is 13.5. The number of hydrogen-bond acceptors (Lipinski definition) is 3. The predicted octanol–water partition coefficient (Wildman–Crippen LogP) is 2.69. The number of halogens is 1. The Bertz CT molecular complexity index is 475. The lowest BCUT2D eigenvalue weighted by atomic mass is 9.88. The maximum Gasteiger partial charge on any atom is 0.144 e. The van der Waals surface area contributed by atoms with E-state index < -0.39 is 0 Å². The number of oxime groups is 1. The van der Waals surface area contributed by atoms with Crippen LogP contribution in [-0.2, 0) is 6.54 Å². The van der Waals surface area contributed by atoms with Gasteiger partial charge in [0, 0.05) is 12.0 Å². The van der Waals surface area contributed by atoms with E-state index in [1.807, 2.05) is 26.0 Å². The summed E-state index contributed by atoms with van der Waals surface area (Å²) in [5, 5.41) is 15.0. The van der Waals surface area contributed by atoms with Gasteiger partial charge in [-0.15, -0.1) is 0 Å². The van der Waals surface area contributed by atoms with Crippen molar-refractivity contribution in [3.8, 4) is 0 Å². The lowest BCUT2D eigenvalue weighted by Crippen LogP contribution is -2.34. The molecule has 1 aromatic rings. The van der Waals surface area contributed by atoms with Crippen LogP contribution in [0.15, 0.2) is 17.3 Å². The number of nitrogens with zero attached hydrogens (tertiary/aromatic N) is 1. The molecule has 0 unspecified atom stereocenters. The van der Waals surface area contributed by atoms with Gasteiger partial charge in [-0.25, -0.2) is 4.39 Å². The van der Waals surface area contributed by atoms with Crippen LogP contribution >= 0.6 is 0 Å². The summed E-state index contributed by atoms with van der Waals surface area (Å²) >= 11 is 0. The van der Waals surface area contributed by atoms with E-state index in [1.165, 1.54) is 0 Å². The Morgan fingerprint density at radius 1 is 1.35 bits per heavy atom. The highest BCUT2D eigenvalue weighted by Gasteiger charge is 2.22. The zero-order valence-electron chi connectivity index (χ0n) is 12.6. The first kappa shape index (κ1) is 16.4. The smallest absolute Gasteiger partial charge is 0.144 e. The first-order valence-corrected chi connectivity index (χ1v) is 6.72. The molecular formula is C15H24FN3O. The van der Waals surface area contributed by atoms with Crippen molar-refractivity contribution in [3.63, 3.8) is 0 Å². The van der Waals surface area contributed by atoms with Gasteiger partial charge in [0.1, 0.15) is 11.7 Å². The van der Waals surface area contributed by atoms with E-state index in [0.29, 0.717) is 17.7 Å². The van der Waals surface area contributed by atoms with Crippen LogP contribution in [0.2, 0.25) is 0 Å². The van der Waals surface area contributed by atoms with Crippen molar-refractivity contribution in [2.75, 3.05) is 6.54 Å². The Balaban J connectivity index is 2.50. The molecule has 4 N–H and O–H groups in total. The second kappa shape index (κ2) is 6.70. The summed E-state index contributed by atoms with van der Waals surface area (Å²) in [6.45, 7) is 8.81. The van der Waals surface area contributed by atoms with Crippen molar-refractivity contribution >= 4 is 5.84 Å². The number of nitrogens with one attached hydrogen (secondary N) is 1. The molecule has 0 atom stereocenters. The average Bonchev–Trinajstić information content (AvgIpc) is 2.39. The zero-order chi connectivity index (χ0) is 15.3. The summed E-state index contributed by atoms with van der Waals surface area (Å²) in [4.78, 5) is 0. The molecule has 0 radical (unpaired) electrons. The quantitative estimate of drug-likeness (QED) is 0.247. The standard InChI is InChI=1S/C15H24FN3O/c1-10-7-12(8-11(2)13(10)16)9-18-6-5-15(3,4)14(17)19-20/h7-8,18,20H,5-6,9H2,1-4H3,(H2,17,19). The van der Waals surface area contributed by atoms with Gasteiger partial charge < -0.3 is 16.3 Å². The molecule has 1 aromatic carbocycles. The zero-order valence-corrected chi connectivity index (χ0v) is 12.6. The van der Waals surface area contributed by atoms with E-state index in [0.717, 1.165) is 18.5 Å². The second-order valence-corrected chi connectivity index (χ2v) is 5.84.